The van der Waals surface area contributed by atoms with Gasteiger partial charge in [0.1, 0.15) is 0 Å². The number of rotatable bonds is 5. The number of amides is 1. The van der Waals surface area contributed by atoms with Crippen LogP contribution in [0.2, 0.25) is 5.02 Å². The van der Waals surface area contributed by atoms with E-state index in [1.165, 1.54) is 0 Å². The minimum absolute atomic E-state index is 0.321. The molecule has 0 N–H and O–H groups in total. The molecule has 2 bridgehead atoms. The third kappa shape index (κ3) is 3.94. The zero-order valence-electron chi connectivity index (χ0n) is 18.0. The van der Waals surface area contributed by atoms with Gasteiger partial charge in [-0.1, -0.05) is 37.6 Å². The first-order valence-corrected chi connectivity index (χ1v) is 11.5. The van der Waals surface area contributed by atoms with E-state index in [2.05, 4.69) is 33.0 Å². The monoisotopic (exact) mass is 437 g/mol. The Bertz CT molecular complexity index is 1080. The summed E-state index contributed by atoms with van der Waals surface area (Å²) in [6, 6.07) is 10.4. The largest absolute Gasteiger partial charge is 0.334 e. The number of hydrogen-bond donors (Lipinski definition) is 0. The first kappa shape index (κ1) is 20.5. The number of carbonyl (C=O) groups excluding carboxylic acids is 1. The number of likely N-dealkylation sites (tertiary alicyclic amines) is 1. The predicted octanol–water partition coefficient (Wildman–Crippen LogP) is 4.27. The molecule has 7 heteroatoms. The van der Waals surface area contributed by atoms with Crippen molar-refractivity contribution in [3.05, 3.63) is 53.4 Å². The SMILES string of the molecule is CC(C)CC(=O)N1C2CCC1CN(Cc1c(-c3ccc(Cl)cc3)nc3ncccn13)C2. The Morgan fingerprint density at radius 3 is 2.55 bits per heavy atom. The number of aromatic nitrogens is 3. The lowest BCUT2D eigenvalue weighted by Crippen LogP contribution is -2.55. The normalized spacial score (nSPS) is 21.4. The molecule has 6 nitrogen and oxygen atoms in total. The molecule has 2 fully saturated rings. The lowest BCUT2D eigenvalue weighted by Gasteiger charge is -2.41. The second kappa shape index (κ2) is 8.24. The molecule has 2 saturated heterocycles. The van der Waals surface area contributed by atoms with Gasteiger partial charge in [0.25, 0.3) is 0 Å². The van der Waals surface area contributed by atoms with E-state index in [0.29, 0.717) is 41.1 Å². The van der Waals surface area contributed by atoms with Gasteiger partial charge in [0.15, 0.2) is 0 Å². The van der Waals surface area contributed by atoms with Gasteiger partial charge in [0.05, 0.1) is 11.4 Å². The highest BCUT2D eigenvalue weighted by atomic mass is 35.5. The molecule has 3 aromatic rings. The molecule has 1 aromatic carbocycles. The molecule has 31 heavy (non-hydrogen) atoms. The van der Waals surface area contributed by atoms with Crippen LogP contribution in [-0.4, -0.2) is 55.2 Å². The van der Waals surface area contributed by atoms with E-state index >= 15 is 0 Å². The third-order valence-electron chi connectivity index (χ3n) is 6.42. The van der Waals surface area contributed by atoms with E-state index < -0.39 is 0 Å². The number of fused-ring (bicyclic) bond motifs is 3. The molecule has 0 spiro atoms. The van der Waals surface area contributed by atoms with Crippen LogP contribution in [0.4, 0.5) is 0 Å². The molecule has 0 saturated carbocycles. The molecule has 2 aliphatic heterocycles. The summed E-state index contributed by atoms with van der Waals surface area (Å²) in [5.41, 5.74) is 3.12. The van der Waals surface area contributed by atoms with E-state index in [0.717, 1.165) is 49.4 Å². The van der Waals surface area contributed by atoms with Crippen LogP contribution < -0.4 is 0 Å². The summed E-state index contributed by atoms with van der Waals surface area (Å²) in [7, 11) is 0. The zero-order chi connectivity index (χ0) is 21.5. The summed E-state index contributed by atoms with van der Waals surface area (Å²) in [6.45, 7) is 6.84. The molecular weight excluding hydrogens is 410 g/mol. The molecule has 5 rings (SSSR count). The van der Waals surface area contributed by atoms with Gasteiger partial charge in [-0.05, 0) is 37.0 Å². The number of piperazine rings is 1. The van der Waals surface area contributed by atoms with Crippen LogP contribution in [0.5, 0.6) is 0 Å². The lowest BCUT2D eigenvalue weighted by molar-refractivity contribution is -0.137. The van der Waals surface area contributed by atoms with Gasteiger partial charge >= 0.3 is 0 Å². The van der Waals surface area contributed by atoms with Gasteiger partial charge in [0.2, 0.25) is 11.7 Å². The number of hydrogen-bond acceptors (Lipinski definition) is 4. The fraction of sp³-hybridized carbons (Fsp3) is 0.458. The quantitative estimate of drug-likeness (QED) is 0.598. The summed E-state index contributed by atoms with van der Waals surface area (Å²) in [6.07, 6.45) is 6.65. The maximum absolute atomic E-state index is 12.8. The average molecular weight is 438 g/mol. The number of imidazole rings is 1. The van der Waals surface area contributed by atoms with Crippen molar-refractivity contribution in [2.24, 2.45) is 5.92 Å². The Morgan fingerprint density at radius 1 is 1.16 bits per heavy atom. The topological polar surface area (TPSA) is 53.7 Å². The van der Waals surface area contributed by atoms with Crippen molar-refractivity contribution in [2.75, 3.05) is 13.1 Å². The van der Waals surface area contributed by atoms with Crippen LogP contribution in [0.25, 0.3) is 17.0 Å². The van der Waals surface area contributed by atoms with Crippen molar-refractivity contribution in [1.82, 2.24) is 24.2 Å². The molecule has 0 aliphatic carbocycles. The van der Waals surface area contributed by atoms with Crippen LogP contribution in [0.3, 0.4) is 0 Å². The van der Waals surface area contributed by atoms with Gasteiger partial charge in [-0.15, -0.1) is 0 Å². The Kier molecular flexibility index (Phi) is 5.44. The second-order valence-corrected chi connectivity index (χ2v) is 9.62. The van der Waals surface area contributed by atoms with E-state index in [-0.39, 0.29) is 0 Å². The molecular formula is C24H28ClN5O. The third-order valence-corrected chi connectivity index (χ3v) is 6.67. The number of benzene rings is 1. The predicted molar refractivity (Wildman–Crippen MR) is 122 cm³/mol. The molecule has 0 radical (unpaired) electrons. The van der Waals surface area contributed by atoms with Crippen molar-refractivity contribution >= 4 is 23.3 Å². The smallest absolute Gasteiger partial charge is 0.234 e. The van der Waals surface area contributed by atoms with E-state index in [1.807, 2.05) is 36.5 Å². The minimum atomic E-state index is 0.321. The summed E-state index contributed by atoms with van der Waals surface area (Å²) in [5, 5.41) is 0.714. The fourth-order valence-corrected chi connectivity index (χ4v) is 5.24. The van der Waals surface area contributed by atoms with Gasteiger partial charge in [-0.2, -0.15) is 0 Å². The number of nitrogens with zero attached hydrogens (tertiary/aromatic N) is 5. The van der Waals surface area contributed by atoms with Crippen molar-refractivity contribution in [3.8, 4) is 11.3 Å². The van der Waals surface area contributed by atoms with Crippen molar-refractivity contribution in [2.45, 2.75) is 51.7 Å². The highest BCUT2D eigenvalue weighted by Crippen LogP contribution is 2.33. The number of carbonyl (C=O) groups is 1. The van der Waals surface area contributed by atoms with Crippen LogP contribution in [0, 0.1) is 5.92 Å². The minimum Gasteiger partial charge on any atom is -0.334 e. The highest BCUT2D eigenvalue weighted by Gasteiger charge is 2.42. The summed E-state index contributed by atoms with van der Waals surface area (Å²) >= 11 is 6.10. The molecule has 162 valence electrons. The molecule has 2 atom stereocenters. The van der Waals surface area contributed by atoms with Crippen LogP contribution >= 0.6 is 11.6 Å². The average Bonchev–Trinajstić information content (AvgIpc) is 3.23. The van der Waals surface area contributed by atoms with Crippen LogP contribution in [-0.2, 0) is 11.3 Å². The maximum Gasteiger partial charge on any atom is 0.234 e. The Hall–Kier alpha value is -2.44. The second-order valence-electron chi connectivity index (χ2n) is 9.18. The highest BCUT2D eigenvalue weighted by molar-refractivity contribution is 6.30. The first-order valence-electron chi connectivity index (χ1n) is 11.1. The summed E-state index contributed by atoms with van der Waals surface area (Å²) < 4.78 is 2.09. The zero-order valence-corrected chi connectivity index (χ0v) is 18.8. The lowest BCUT2D eigenvalue weighted by atomic mass is 10.1. The van der Waals surface area contributed by atoms with E-state index in [4.69, 9.17) is 16.6 Å². The molecule has 2 aliphatic rings. The summed E-state index contributed by atoms with van der Waals surface area (Å²) in [5.74, 6) is 1.43. The van der Waals surface area contributed by atoms with Gasteiger partial charge in [-0.25, -0.2) is 9.97 Å². The van der Waals surface area contributed by atoms with Crippen molar-refractivity contribution < 1.29 is 4.79 Å². The molecule has 2 unspecified atom stereocenters. The van der Waals surface area contributed by atoms with Crippen LogP contribution in [0.1, 0.15) is 38.8 Å². The van der Waals surface area contributed by atoms with Crippen molar-refractivity contribution in [1.29, 1.82) is 0 Å². The van der Waals surface area contributed by atoms with Crippen LogP contribution in [0.15, 0.2) is 42.7 Å². The maximum atomic E-state index is 12.8. The standard InChI is InChI=1S/C24H28ClN5O/c1-16(2)12-22(31)30-19-8-9-20(30)14-28(13-19)15-21-23(17-4-6-18(25)7-5-17)27-24-26-10-3-11-29(21)24/h3-7,10-11,16,19-20H,8-9,12-15H2,1-2H3. The molecule has 2 aromatic heterocycles. The van der Waals surface area contributed by atoms with Gasteiger partial charge in [0, 0.05) is 61.1 Å². The fourth-order valence-electron chi connectivity index (χ4n) is 5.12. The van der Waals surface area contributed by atoms with Crippen molar-refractivity contribution in [3.63, 3.8) is 0 Å². The van der Waals surface area contributed by atoms with Gasteiger partial charge in [-0.3, -0.25) is 14.1 Å². The van der Waals surface area contributed by atoms with E-state index in [9.17, 15) is 4.79 Å². The van der Waals surface area contributed by atoms with E-state index in [1.54, 1.807) is 6.20 Å². The molecule has 4 heterocycles. The molecule has 1 amide bonds. The summed E-state index contributed by atoms with van der Waals surface area (Å²) in [4.78, 5) is 26.8. The Morgan fingerprint density at radius 2 is 1.87 bits per heavy atom. The Labute approximate surface area is 187 Å². The first-order chi connectivity index (χ1) is 15.0. The Balaban J connectivity index is 1.42. The van der Waals surface area contributed by atoms with Gasteiger partial charge < -0.3 is 4.90 Å². The number of halogens is 1.